The van der Waals surface area contributed by atoms with Gasteiger partial charge < -0.3 is 5.32 Å². The van der Waals surface area contributed by atoms with E-state index in [9.17, 15) is 9.59 Å². The highest BCUT2D eigenvalue weighted by Crippen LogP contribution is 2.64. The van der Waals surface area contributed by atoms with E-state index in [0.29, 0.717) is 11.2 Å². The Kier molecular flexibility index (Phi) is 5.95. The minimum absolute atomic E-state index is 0.0180. The van der Waals surface area contributed by atoms with Crippen molar-refractivity contribution in [2.45, 2.75) is 75.1 Å². The number of fused-ring (bicyclic) bond motifs is 6. The predicted octanol–water partition coefficient (Wildman–Crippen LogP) is 6.81. The minimum Gasteiger partial charge on any atom is -0.325 e. The minimum atomic E-state index is -0.148. The number of carbonyl (C=O) groups excluding carboxylic acids is 1. The van der Waals surface area contributed by atoms with Crippen LogP contribution in [0.15, 0.2) is 58.4 Å². The number of rotatable bonds is 4. The summed E-state index contributed by atoms with van der Waals surface area (Å²) in [6.07, 6.45) is 3.92. The number of anilines is 1. The Bertz CT molecular complexity index is 1360. The van der Waals surface area contributed by atoms with E-state index in [2.05, 4.69) is 50.4 Å². The van der Waals surface area contributed by atoms with Gasteiger partial charge in [-0.25, -0.2) is 0 Å². The van der Waals surface area contributed by atoms with E-state index in [1.165, 1.54) is 46.6 Å². The lowest BCUT2D eigenvalue weighted by atomic mass is 9.74. The lowest BCUT2D eigenvalue weighted by Gasteiger charge is -2.40. The Morgan fingerprint density at radius 2 is 1.83 bits per heavy atom. The van der Waals surface area contributed by atoms with Crippen LogP contribution in [0.4, 0.5) is 5.69 Å². The maximum Gasteiger partial charge on any atom is 0.308 e. The molecule has 188 valence electrons. The van der Waals surface area contributed by atoms with Crippen molar-refractivity contribution in [3.8, 4) is 0 Å². The molecule has 0 saturated heterocycles. The van der Waals surface area contributed by atoms with Gasteiger partial charge in [-0.05, 0) is 78.2 Å². The van der Waals surface area contributed by atoms with E-state index in [0.717, 1.165) is 28.1 Å². The summed E-state index contributed by atoms with van der Waals surface area (Å²) in [4.78, 5) is 27.4. The molecule has 1 amide bonds. The normalized spacial score (nSPS) is 26.5. The van der Waals surface area contributed by atoms with E-state index in [-0.39, 0.29) is 28.7 Å². The van der Waals surface area contributed by atoms with Gasteiger partial charge in [-0.2, -0.15) is 0 Å². The van der Waals surface area contributed by atoms with Crippen LogP contribution in [0.5, 0.6) is 0 Å². The van der Waals surface area contributed by atoms with Crippen LogP contribution in [0.1, 0.15) is 67.5 Å². The highest BCUT2D eigenvalue weighted by molar-refractivity contribution is 8.00. The number of thioether (sulfide) groups is 1. The zero-order chi connectivity index (χ0) is 25.2. The molecule has 2 saturated carbocycles. The number of amides is 1. The van der Waals surface area contributed by atoms with Gasteiger partial charge in [0.05, 0.1) is 5.03 Å². The molecule has 1 aliphatic heterocycles. The van der Waals surface area contributed by atoms with Gasteiger partial charge in [-0.15, -0.1) is 11.8 Å². The topological polar surface area (TPSA) is 51.1 Å². The molecule has 2 bridgehead atoms. The van der Waals surface area contributed by atoms with Crippen molar-refractivity contribution in [2.24, 2.45) is 17.8 Å². The summed E-state index contributed by atoms with van der Waals surface area (Å²) in [6.45, 7) is 8.81. The van der Waals surface area contributed by atoms with Gasteiger partial charge in [0.2, 0.25) is 5.91 Å². The molecule has 3 aromatic rings. The number of aromatic nitrogens is 1. The number of hydrogen-bond acceptors (Lipinski definition) is 4. The highest BCUT2D eigenvalue weighted by Gasteiger charge is 2.55. The van der Waals surface area contributed by atoms with E-state index >= 15 is 0 Å². The zero-order valence-corrected chi connectivity index (χ0v) is 23.0. The second kappa shape index (κ2) is 8.91. The number of benzene rings is 2. The summed E-state index contributed by atoms with van der Waals surface area (Å²) in [7, 11) is 0. The fourth-order valence-electron chi connectivity index (χ4n) is 6.72. The molecule has 2 aromatic carbocycles. The van der Waals surface area contributed by atoms with Crippen molar-refractivity contribution in [2.75, 3.05) is 5.32 Å². The third kappa shape index (κ3) is 4.16. The molecule has 0 spiro atoms. The third-order valence-corrected chi connectivity index (χ3v) is 11.3. The Hall–Kier alpha value is -2.31. The van der Waals surface area contributed by atoms with Crippen LogP contribution in [0.25, 0.3) is 0 Å². The van der Waals surface area contributed by atoms with Gasteiger partial charge in [0.1, 0.15) is 6.54 Å². The molecule has 6 heteroatoms. The number of hydrogen-bond donors (Lipinski definition) is 1. The Labute approximate surface area is 221 Å². The second-order valence-electron chi connectivity index (χ2n) is 11.9. The molecule has 3 aliphatic rings. The monoisotopic (exact) mass is 518 g/mol. The summed E-state index contributed by atoms with van der Waals surface area (Å²) in [5.74, 6) is 2.14. The average Bonchev–Trinajstić information content (AvgIpc) is 3.52. The van der Waals surface area contributed by atoms with E-state index in [4.69, 9.17) is 0 Å². The molecule has 1 N–H and O–H groups in total. The average molecular weight is 519 g/mol. The van der Waals surface area contributed by atoms with Crippen LogP contribution in [-0.4, -0.2) is 15.7 Å². The first-order chi connectivity index (χ1) is 17.2. The van der Waals surface area contributed by atoms with Gasteiger partial charge in [0.25, 0.3) is 0 Å². The number of nitrogens with zero attached hydrogens (tertiary/aromatic N) is 1. The van der Waals surface area contributed by atoms with Crippen molar-refractivity contribution in [3.05, 3.63) is 79.8 Å². The van der Waals surface area contributed by atoms with Gasteiger partial charge in [0, 0.05) is 21.7 Å². The van der Waals surface area contributed by atoms with Crippen LogP contribution < -0.4 is 10.2 Å². The third-order valence-electron chi connectivity index (χ3n) is 8.43. The van der Waals surface area contributed by atoms with Crippen molar-refractivity contribution < 1.29 is 4.79 Å². The van der Waals surface area contributed by atoms with Gasteiger partial charge in [0.15, 0.2) is 0 Å². The van der Waals surface area contributed by atoms with Gasteiger partial charge in [-0.1, -0.05) is 68.5 Å². The van der Waals surface area contributed by atoms with Crippen LogP contribution in [0.3, 0.4) is 0 Å². The Morgan fingerprint density at radius 1 is 1.08 bits per heavy atom. The van der Waals surface area contributed by atoms with Crippen molar-refractivity contribution >= 4 is 34.7 Å². The Morgan fingerprint density at radius 3 is 2.56 bits per heavy atom. The second-order valence-corrected chi connectivity index (χ2v) is 14.0. The molecular weight excluding hydrogens is 484 g/mol. The summed E-state index contributed by atoms with van der Waals surface area (Å²) in [5.41, 5.74) is 4.63. The molecule has 2 heterocycles. The lowest BCUT2D eigenvalue weighted by Crippen LogP contribution is -2.35. The molecule has 2 fully saturated rings. The first-order valence-electron chi connectivity index (χ1n) is 13.1. The summed E-state index contributed by atoms with van der Waals surface area (Å²) >= 11 is 3.25. The first-order valence-corrected chi connectivity index (χ1v) is 14.8. The standard InChI is InChI=1S/C30H34N2O2S2/c1-17-6-5-7-22(14-17)31-23(33)16-32-28-27(36-29(32)34)24(18-10-12-21(13-11-18)30(2,3)4)25-19-8-9-20(15-19)26(25)35-28/h5-7,10-14,19-20,24-26H,8-9,15-16H2,1-4H3,(H,31,33)/t19-,20-,24-,25-,26+/m0/s1. The molecule has 6 rings (SSSR count). The molecule has 1 aromatic heterocycles. The molecule has 4 nitrogen and oxygen atoms in total. The van der Waals surface area contributed by atoms with Crippen molar-refractivity contribution in [1.29, 1.82) is 0 Å². The molecule has 5 atom stereocenters. The maximum atomic E-state index is 13.3. The maximum absolute atomic E-state index is 13.3. The summed E-state index contributed by atoms with van der Waals surface area (Å²) in [6, 6.07) is 16.9. The Balaban J connectivity index is 1.36. The molecular formula is C30H34N2O2S2. The quantitative estimate of drug-likeness (QED) is 0.413. The highest BCUT2D eigenvalue weighted by atomic mass is 32.2. The SMILES string of the molecule is Cc1cccc(NC(=O)Cn2c3c(sc2=O)[C@@H](c2ccc(C(C)(C)C)cc2)[C@@H]2[C@H]4CC[C@@H](C4)[C@H]2S3)c1. The lowest BCUT2D eigenvalue weighted by molar-refractivity contribution is -0.116. The van der Waals surface area contributed by atoms with Gasteiger partial charge in [-0.3, -0.25) is 14.2 Å². The van der Waals surface area contributed by atoms with Gasteiger partial charge >= 0.3 is 4.87 Å². The smallest absolute Gasteiger partial charge is 0.308 e. The molecule has 0 unspecified atom stereocenters. The van der Waals surface area contributed by atoms with Crippen LogP contribution in [-0.2, 0) is 16.8 Å². The summed E-state index contributed by atoms with van der Waals surface area (Å²) < 4.78 is 1.74. The number of aryl methyl sites for hydroxylation is 1. The largest absolute Gasteiger partial charge is 0.325 e. The van der Waals surface area contributed by atoms with Crippen LogP contribution in [0, 0.1) is 24.7 Å². The fraction of sp³-hybridized carbons (Fsp3) is 0.467. The van der Waals surface area contributed by atoms with Crippen LogP contribution in [0.2, 0.25) is 0 Å². The van der Waals surface area contributed by atoms with E-state index in [1.807, 2.05) is 43.0 Å². The molecule has 0 radical (unpaired) electrons. The number of thiazole rings is 1. The van der Waals surface area contributed by atoms with Crippen LogP contribution >= 0.6 is 23.1 Å². The van der Waals surface area contributed by atoms with E-state index < -0.39 is 0 Å². The molecule has 36 heavy (non-hydrogen) atoms. The number of carbonyl (C=O) groups is 1. The summed E-state index contributed by atoms with van der Waals surface area (Å²) in [5, 5.41) is 4.55. The first kappa shape index (κ1) is 24.1. The van der Waals surface area contributed by atoms with E-state index in [1.54, 1.807) is 4.57 Å². The van der Waals surface area contributed by atoms with Crippen molar-refractivity contribution in [3.63, 3.8) is 0 Å². The molecule has 2 aliphatic carbocycles. The number of nitrogens with one attached hydrogen (secondary N) is 1. The zero-order valence-electron chi connectivity index (χ0n) is 21.4. The fourth-order valence-corrected chi connectivity index (χ4v) is 9.87. The van der Waals surface area contributed by atoms with Crippen molar-refractivity contribution in [1.82, 2.24) is 4.57 Å². The predicted molar refractivity (Wildman–Crippen MR) is 149 cm³/mol.